The summed E-state index contributed by atoms with van der Waals surface area (Å²) < 4.78 is 5.81. The van der Waals surface area contributed by atoms with Crippen LogP contribution in [0.15, 0.2) is 77.7 Å². The summed E-state index contributed by atoms with van der Waals surface area (Å²) in [5.41, 5.74) is 4.43. The maximum Gasteiger partial charge on any atom is 0.260 e. The Morgan fingerprint density at radius 2 is 1.84 bits per heavy atom. The molecule has 0 unspecified atom stereocenters. The smallest absolute Gasteiger partial charge is 0.260 e. The van der Waals surface area contributed by atoms with Gasteiger partial charge in [-0.05, 0) is 54.0 Å². The Morgan fingerprint density at radius 1 is 1.09 bits per heavy atom. The zero-order chi connectivity index (χ0) is 22.3. The molecule has 32 heavy (non-hydrogen) atoms. The lowest BCUT2D eigenvalue weighted by Crippen LogP contribution is -2.30. The van der Waals surface area contributed by atoms with E-state index in [2.05, 4.69) is 35.8 Å². The van der Waals surface area contributed by atoms with Gasteiger partial charge in [-0.25, -0.2) is 0 Å². The third-order valence-electron chi connectivity index (χ3n) is 5.10. The van der Waals surface area contributed by atoms with Crippen molar-refractivity contribution in [3.63, 3.8) is 0 Å². The zero-order valence-corrected chi connectivity index (χ0v) is 18.5. The molecule has 0 bridgehead atoms. The number of amides is 1. The lowest BCUT2D eigenvalue weighted by molar-refractivity contribution is -0.116. The largest absolute Gasteiger partial charge is 0.489 e. The molecular weight excluding hydrogens is 418 g/mol. The number of thioether (sulfide) groups is 1. The van der Waals surface area contributed by atoms with Crippen molar-refractivity contribution < 1.29 is 9.53 Å². The van der Waals surface area contributed by atoms with Gasteiger partial charge in [0.1, 0.15) is 12.4 Å². The van der Waals surface area contributed by atoms with Crippen molar-refractivity contribution in [2.45, 2.75) is 25.4 Å². The molecule has 3 aromatic carbocycles. The van der Waals surface area contributed by atoms with Crippen molar-refractivity contribution in [2.24, 2.45) is 0 Å². The number of hydrogen-bond acceptors (Lipinski definition) is 5. The van der Waals surface area contributed by atoms with Crippen LogP contribution in [0.4, 0.5) is 5.69 Å². The average Bonchev–Trinajstić information content (AvgIpc) is 3.17. The number of nitriles is 1. The number of rotatable bonds is 7. The first-order chi connectivity index (χ1) is 15.6. The van der Waals surface area contributed by atoms with Gasteiger partial charge in [-0.2, -0.15) is 5.26 Å². The predicted molar refractivity (Wildman–Crippen MR) is 129 cm³/mol. The van der Waals surface area contributed by atoms with Gasteiger partial charge < -0.3 is 15.4 Å². The highest BCUT2D eigenvalue weighted by atomic mass is 32.2. The molecule has 3 aromatic rings. The first kappa shape index (κ1) is 21.5. The number of benzene rings is 3. The van der Waals surface area contributed by atoms with E-state index in [-0.39, 0.29) is 11.4 Å². The lowest BCUT2D eigenvalue weighted by Gasteiger charge is -2.12. The maximum absolute atomic E-state index is 12.4. The summed E-state index contributed by atoms with van der Waals surface area (Å²) in [7, 11) is 0. The minimum Gasteiger partial charge on any atom is -0.489 e. The Balaban J connectivity index is 1.36. The van der Waals surface area contributed by atoms with Gasteiger partial charge in [0.25, 0.3) is 5.91 Å². The van der Waals surface area contributed by atoms with Crippen LogP contribution in [0.3, 0.4) is 0 Å². The van der Waals surface area contributed by atoms with E-state index in [1.54, 1.807) is 6.07 Å². The summed E-state index contributed by atoms with van der Waals surface area (Å²) in [5.74, 6) is 0.615. The van der Waals surface area contributed by atoms with E-state index < -0.39 is 0 Å². The topological polar surface area (TPSA) is 74.2 Å². The Kier molecular flexibility index (Phi) is 6.78. The van der Waals surface area contributed by atoms with Crippen molar-refractivity contribution in [3.8, 4) is 11.8 Å². The van der Waals surface area contributed by atoms with Crippen LogP contribution in [-0.2, 0) is 17.8 Å². The SMILES string of the molecule is CCc1ccc(N[C@H]2NC(=O)/C(=C/c3ccc(OCc4ccccc4C#N)cc3)S2)cc1. The van der Waals surface area contributed by atoms with E-state index >= 15 is 0 Å². The van der Waals surface area contributed by atoms with Gasteiger partial charge in [0.05, 0.1) is 16.5 Å². The van der Waals surface area contributed by atoms with E-state index in [1.165, 1.54) is 17.3 Å². The number of carbonyl (C=O) groups is 1. The fourth-order valence-corrected chi connectivity index (χ4v) is 4.27. The van der Waals surface area contributed by atoms with E-state index in [4.69, 9.17) is 4.74 Å². The van der Waals surface area contributed by atoms with Gasteiger partial charge in [0, 0.05) is 11.3 Å². The van der Waals surface area contributed by atoms with Crippen LogP contribution in [0.5, 0.6) is 5.75 Å². The summed E-state index contributed by atoms with van der Waals surface area (Å²) in [6.07, 6.45) is 2.87. The Labute approximate surface area is 192 Å². The van der Waals surface area contributed by atoms with Crippen molar-refractivity contribution >= 4 is 29.4 Å². The van der Waals surface area contributed by atoms with Crippen LogP contribution < -0.4 is 15.4 Å². The van der Waals surface area contributed by atoms with Gasteiger partial charge in [0.2, 0.25) is 0 Å². The molecule has 5 nitrogen and oxygen atoms in total. The van der Waals surface area contributed by atoms with Gasteiger partial charge in [0.15, 0.2) is 5.50 Å². The quantitative estimate of drug-likeness (QED) is 0.487. The Morgan fingerprint density at radius 3 is 2.56 bits per heavy atom. The van der Waals surface area contributed by atoms with Crippen LogP contribution in [0.1, 0.15) is 29.2 Å². The molecule has 160 valence electrons. The third kappa shape index (κ3) is 5.32. The van der Waals surface area contributed by atoms with Gasteiger partial charge in [-0.15, -0.1) is 0 Å². The van der Waals surface area contributed by atoms with Crippen molar-refractivity contribution in [3.05, 3.63) is 100.0 Å². The van der Waals surface area contributed by atoms with Crippen LogP contribution >= 0.6 is 11.8 Å². The van der Waals surface area contributed by atoms with Crippen LogP contribution in [-0.4, -0.2) is 11.4 Å². The van der Waals surface area contributed by atoms with Crippen LogP contribution in [0.25, 0.3) is 6.08 Å². The molecule has 6 heteroatoms. The second-order valence-corrected chi connectivity index (χ2v) is 8.45. The number of hydrogen-bond donors (Lipinski definition) is 2. The van der Waals surface area contributed by atoms with Crippen molar-refractivity contribution in [2.75, 3.05) is 5.32 Å². The minimum atomic E-state index is -0.205. The van der Waals surface area contributed by atoms with Crippen molar-refractivity contribution in [1.29, 1.82) is 5.26 Å². The molecule has 1 saturated heterocycles. The fraction of sp³-hybridized carbons (Fsp3) is 0.154. The molecule has 1 heterocycles. The van der Waals surface area contributed by atoms with Crippen molar-refractivity contribution in [1.82, 2.24) is 5.32 Å². The standard InChI is InChI=1S/C26H23N3O2S/c1-2-18-7-11-22(12-8-18)28-26-29-25(30)24(32-26)15-19-9-13-23(14-10-19)31-17-21-6-4-3-5-20(21)16-27/h3-15,26,28H,2,17H2,1H3,(H,29,30)/b24-15-/t26-/m0/s1. The minimum absolute atomic E-state index is 0.0916. The lowest BCUT2D eigenvalue weighted by atomic mass is 10.1. The molecule has 0 saturated carbocycles. The molecule has 1 fully saturated rings. The number of carbonyl (C=O) groups excluding carboxylic acids is 1. The summed E-state index contributed by atoms with van der Waals surface area (Å²) in [4.78, 5) is 13.0. The molecule has 1 atom stereocenters. The summed E-state index contributed by atoms with van der Waals surface area (Å²) in [6, 6.07) is 25.4. The molecule has 0 spiro atoms. The average molecular weight is 442 g/mol. The number of nitrogens with zero attached hydrogens (tertiary/aromatic N) is 1. The second-order valence-electron chi connectivity index (χ2n) is 7.30. The Bertz CT molecular complexity index is 1160. The summed E-state index contributed by atoms with van der Waals surface area (Å²) >= 11 is 1.46. The first-order valence-corrected chi connectivity index (χ1v) is 11.3. The molecular formula is C26H23N3O2S. The van der Waals surface area contributed by atoms with Crippen LogP contribution in [0.2, 0.25) is 0 Å². The highest BCUT2D eigenvalue weighted by molar-refractivity contribution is 8.05. The molecule has 0 radical (unpaired) electrons. The molecule has 1 amide bonds. The van der Waals surface area contributed by atoms with Crippen LogP contribution in [0, 0.1) is 11.3 Å². The first-order valence-electron chi connectivity index (χ1n) is 10.4. The summed E-state index contributed by atoms with van der Waals surface area (Å²) in [6.45, 7) is 2.45. The van der Waals surface area contributed by atoms with Gasteiger partial charge in [-0.3, -0.25) is 4.79 Å². The number of anilines is 1. The molecule has 0 aromatic heterocycles. The molecule has 1 aliphatic heterocycles. The molecule has 0 aliphatic carbocycles. The number of ether oxygens (including phenoxy) is 1. The fourth-order valence-electron chi connectivity index (χ4n) is 3.28. The van der Waals surface area contributed by atoms with Gasteiger partial charge >= 0.3 is 0 Å². The zero-order valence-electron chi connectivity index (χ0n) is 17.7. The highest BCUT2D eigenvalue weighted by Crippen LogP contribution is 2.30. The van der Waals surface area contributed by atoms with E-state index in [0.29, 0.717) is 22.8 Å². The number of nitrogens with one attached hydrogen (secondary N) is 2. The monoisotopic (exact) mass is 441 g/mol. The van der Waals surface area contributed by atoms with E-state index in [0.717, 1.165) is 23.2 Å². The van der Waals surface area contributed by atoms with E-state index in [1.807, 2.05) is 60.7 Å². The maximum atomic E-state index is 12.4. The van der Waals surface area contributed by atoms with E-state index in [9.17, 15) is 10.1 Å². The highest BCUT2D eigenvalue weighted by Gasteiger charge is 2.27. The van der Waals surface area contributed by atoms with Gasteiger partial charge in [-0.1, -0.05) is 61.2 Å². The normalized spacial score (nSPS) is 16.4. The second kappa shape index (κ2) is 10.1. The Hall–Kier alpha value is -3.69. The number of aryl methyl sites for hydroxylation is 1. The molecule has 4 rings (SSSR count). The predicted octanol–water partition coefficient (Wildman–Crippen LogP) is 5.30. The third-order valence-corrected chi connectivity index (χ3v) is 6.13. The molecule has 2 N–H and O–H groups in total. The molecule has 1 aliphatic rings. The summed E-state index contributed by atoms with van der Waals surface area (Å²) in [5, 5.41) is 15.5.